The summed E-state index contributed by atoms with van der Waals surface area (Å²) in [5.74, 6) is -1.07. The van der Waals surface area contributed by atoms with Gasteiger partial charge in [-0.3, -0.25) is 0 Å². The van der Waals surface area contributed by atoms with E-state index in [1.54, 1.807) is 22.6 Å². The van der Waals surface area contributed by atoms with Gasteiger partial charge in [-0.25, -0.2) is 18.5 Å². The van der Waals surface area contributed by atoms with E-state index in [1.807, 2.05) is 0 Å². The fraction of sp³-hybridized carbons (Fsp3) is 0.286. The average molecular weight is 382 g/mol. The van der Waals surface area contributed by atoms with Gasteiger partial charge in [0.25, 0.3) is 0 Å². The number of rotatable bonds is 2. The number of hydrogen-bond acceptors (Lipinski definition) is 4. The average Bonchev–Trinajstić information content (AvgIpc) is 2.06. The number of hydrogen-bond donors (Lipinski definition) is 1. The smallest absolute Gasteiger partial charge is 0.386 e. The van der Waals surface area contributed by atoms with Crippen LogP contribution in [0, 0.1) is 10.5 Å². The standard InChI is InChI=1S/C7H6F3IN2O3S/c1-3-4(11)2-5(17(12,14)15)6(13-3)16-7(8,9)10/h2H,1H3,(H2,12,14,15). The fourth-order valence-electron chi connectivity index (χ4n) is 0.929. The van der Waals surface area contributed by atoms with Crippen LogP contribution in [0.5, 0.6) is 5.88 Å². The quantitative estimate of drug-likeness (QED) is 0.787. The lowest BCUT2D eigenvalue weighted by atomic mass is 10.4. The minimum atomic E-state index is -5.04. The summed E-state index contributed by atoms with van der Waals surface area (Å²) in [5.41, 5.74) is 0.206. The highest BCUT2D eigenvalue weighted by atomic mass is 127. The van der Waals surface area contributed by atoms with E-state index in [-0.39, 0.29) is 5.69 Å². The van der Waals surface area contributed by atoms with Gasteiger partial charge in [0.05, 0.1) is 5.69 Å². The maximum Gasteiger partial charge on any atom is 0.574 e. The van der Waals surface area contributed by atoms with Crippen molar-refractivity contribution in [2.75, 3.05) is 0 Å². The number of nitrogens with zero attached hydrogens (tertiary/aromatic N) is 1. The van der Waals surface area contributed by atoms with E-state index in [9.17, 15) is 21.6 Å². The number of sulfonamides is 1. The minimum Gasteiger partial charge on any atom is -0.386 e. The van der Waals surface area contributed by atoms with Crippen LogP contribution < -0.4 is 9.88 Å². The highest BCUT2D eigenvalue weighted by molar-refractivity contribution is 14.1. The van der Waals surface area contributed by atoms with E-state index in [2.05, 4.69) is 9.72 Å². The number of halogens is 4. The van der Waals surface area contributed by atoms with Crippen LogP contribution in [0.15, 0.2) is 11.0 Å². The summed E-state index contributed by atoms with van der Waals surface area (Å²) in [6.45, 7) is 1.41. The topological polar surface area (TPSA) is 82.3 Å². The molecule has 0 bridgehead atoms. The van der Waals surface area contributed by atoms with Crippen LogP contribution in [-0.4, -0.2) is 19.8 Å². The molecule has 10 heteroatoms. The van der Waals surface area contributed by atoms with Gasteiger partial charge >= 0.3 is 6.36 Å². The molecule has 0 amide bonds. The van der Waals surface area contributed by atoms with Gasteiger partial charge in [-0.15, -0.1) is 13.2 Å². The second kappa shape index (κ2) is 4.57. The zero-order chi connectivity index (χ0) is 13.4. The minimum absolute atomic E-state index is 0.206. The van der Waals surface area contributed by atoms with Crippen LogP contribution in [0.3, 0.4) is 0 Å². The van der Waals surface area contributed by atoms with Crippen molar-refractivity contribution in [3.05, 3.63) is 15.3 Å². The van der Waals surface area contributed by atoms with Crippen molar-refractivity contribution in [1.29, 1.82) is 0 Å². The molecule has 2 N–H and O–H groups in total. The van der Waals surface area contributed by atoms with Crippen LogP contribution in [0.4, 0.5) is 13.2 Å². The number of aryl methyl sites for hydroxylation is 1. The molecule has 0 fully saturated rings. The lowest BCUT2D eigenvalue weighted by Gasteiger charge is -2.12. The molecule has 0 aromatic carbocycles. The Morgan fingerprint density at radius 1 is 1.47 bits per heavy atom. The van der Waals surface area contributed by atoms with Crippen molar-refractivity contribution in [1.82, 2.24) is 4.98 Å². The Kier molecular flexibility index (Phi) is 3.88. The van der Waals surface area contributed by atoms with Crippen molar-refractivity contribution in [3.63, 3.8) is 0 Å². The SMILES string of the molecule is Cc1nc(OC(F)(F)F)c(S(N)(=O)=O)cc1I. The number of nitrogens with two attached hydrogens (primary N) is 1. The van der Waals surface area contributed by atoms with Crippen LogP contribution in [0.25, 0.3) is 0 Å². The number of ether oxygens (including phenoxy) is 1. The van der Waals surface area contributed by atoms with E-state index in [0.717, 1.165) is 6.07 Å². The van der Waals surface area contributed by atoms with Crippen LogP contribution in [-0.2, 0) is 10.0 Å². The maximum atomic E-state index is 12.0. The maximum absolute atomic E-state index is 12.0. The Morgan fingerprint density at radius 2 is 2.00 bits per heavy atom. The van der Waals surface area contributed by atoms with E-state index < -0.39 is 27.2 Å². The largest absolute Gasteiger partial charge is 0.574 e. The molecule has 96 valence electrons. The summed E-state index contributed by atoms with van der Waals surface area (Å²) >= 11 is 1.72. The van der Waals surface area contributed by atoms with Crippen LogP contribution in [0.2, 0.25) is 0 Å². The summed E-state index contributed by atoms with van der Waals surface area (Å²) in [6.07, 6.45) is -5.04. The molecule has 0 atom stereocenters. The first-order valence-corrected chi connectivity index (χ1v) is 6.59. The Morgan fingerprint density at radius 3 is 2.41 bits per heavy atom. The summed E-state index contributed by atoms with van der Waals surface area (Å²) in [6, 6.07) is 0.972. The van der Waals surface area contributed by atoms with Crippen molar-refractivity contribution in [2.45, 2.75) is 18.2 Å². The van der Waals surface area contributed by atoms with Gasteiger partial charge in [0, 0.05) is 3.57 Å². The molecule has 5 nitrogen and oxygen atoms in total. The van der Waals surface area contributed by atoms with E-state index >= 15 is 0 Å². The van der Waals surface area contributed by atoms with Gasteiger partial charge < -0.3 is 4.74 Å². The summed E-state index contributed by atoms with van der Waals surface area (Å²) in [7, 11) is -4.34. The van der Waals surface area contributed by atoms with Crippen LogP contribution >= 0.6 is 22.6 Å². The van der Waals surface area contributed by atoms with Gasteiger partial charge in [0.2, 0.25) is 15.9 Å². The molecule has 0 aliphatic heterocycles. The number of alkyl halides is 3. The van der Waals surface area contributed by atoms with Crippen molar-refractivity contribution in [3.8, 4) is 5.88 Å². The second-order valence-electron chi connectivity index (χ2n) is 2.95. The molecular weight excluding hydrogens is 376 g/mol. The summed E-state index contributed by atoms with van der Waals surface area (Å²) < 4.78 is 62.2. The molecule has 1 rings (SSSR count). The summed E-state index contributed by atoms with van der Waals surface area (Å²) in [4.78, 5) is 2.61. The summed E-state index contributed by atoms with van der Waals surface area (Å²) in [5, 5.41) is 4.78. The molecule has 0 aliphatic carbocycles. The van der Waals surface area contributed by atoms with E-state index in [1.165, 1.54) is 6.92 Å². The van der Waals surface area contributed by atoms with Gasteiger partial charge in [0.15, 0.2) is 0 Å². The molecule has 0 unspecified atom stereocenters. The van der Waals surface area contributed by atoms with Gasteiger partial charge in [-0.05, 0) is 35.6 Å². The first-order chi connectivity index (χ1) is 7.50. The molecule has 1 heterocycles. The molecule has 0 radical (unpaired) electrons. The Hall–Kier alpha value is -0.620. The first-order valence-electron chi connectivity index (χ1n) is 3.96. The molecule has 0 saturated heterocycles. The molecular formula is C7H6F3IN2O3S. The number of primary sulfonamides is 1. The highest BCUT2D eigenvalue weighted by Gasteiger charge is 2.34. The Bertz CT molecular complexity index is 544. The third-order valence-electron chi connectivity index (χ3n) is 1.60. The third kappa shape index (κ3) is 3.96. The molecule has 0 spiro atoms. The first kappa shape index (κ1) is 14.4. The van der Waals surface area contributed by atoms with E-state index in [0.29, 0.717) is 3.57 Å². The van der Waals surface area contributed by atoms with Crippen molar-refractivity contribution < 1.29 is 26.3 Å². The van der Waals surface area contributed by atoms with Crippen LogP contribution in [0.1, 0.15) is 5.69 Å². The lowest BCUT2D eigenvalue weighted by molar-refractivity contribution is -0.277. The molecule has 1 aromatic rings. The van der Waals surface area contributed by atoms with Crippen molar-refractivity contribution >= 4 is 32.6 Å². The van der Waals surface area contributed by atoms with Gasteiger partial charge in [-0.1, -0.05) is 0 Å². The zero-order valence-corrected chi connectivity index (χ0v) is 11.2. The normalized spacial score (nSPS) is 12.6. The molecule has 17 heavy (non-hydrogen) atoms. The second-order valence-corrected chi connectivity index (χ2v) is 5.64. The fourth-order valence-corrected chi connectivity index (χ4v) is 2.18. The number of aromatic nitrogens is 1. The lowest BCUT2D eigenvalue weighted by Crippen LogP contribution is -2.22. The Balaban J connectivity index is 3.42. The predicted molar refractivity (Wildman–Crippen MR) is 59.7 cm³/mol. The van der Waals surface area contributed by atoms with Gasteiger partial charge in [-0.2, -0.15) is 0 Å². The highest BCUT2D eigenvalue weighted by Crippen LogP contribution is 2.29. The zero-order valence-electron chi connectivity index (χ0n) is 8.25. The van der Waals surface area contributed by atoms with Gasteiger partial charge in [0.1, 0.15) is 4.90 Å². The Labute approximate surface area is 108 Å². The van der Waals surface area contributed by atoms with E-state index in [4.69, 9.17) is 5.14 Å². The third-order valence-corrected chi connectivity index (χ3v) is 3.60. The molecule has 0 saturated carbocycles. The monoisotopic (exact) mass is 382 g/mol. The predicted octanol–water partition coefficient (Wildman–Crippen LogP) is 1.54. The molecule has 0 aliphatic rings. The molecule has 1 aromatic heterocycles. The number of pyridine rings is 1. The van der Waals surface area contributed by atoms with Crippen molar-refractivity contribution in [2.24, 2.45) is 5.14 Å².